The first-order valence-electron chi connectivity index (χ1n) is 9.02. The van der Waals surface area contributed by atoms with Gasteiger partial charge in [-0.15, -0.1) is 16.4 Å². The predicted molar refractivity (Wildman–Crippen MR) is 106 cm³/mol. The number of aryl methyl sites for hydroxylation is 2. The Morgan fingerprint density at radius 2 is 2.12 bits per heavy atom. The Balaban J connectivity index is 1.61. The fraction of sp³-hybridized carbons (Fsp3) is 0.529. The first-order chi connectivity index (χ1) is 12.7. The molecule has 1 aliphatic rings. The molecule has 138 valence electrons. The third-order valence-corrected chi connectivity index (χ3v) is 6.80. The van der Waals surface area contributed by atoms with Crippen LogP contribution in [0.4, 0.5) is 5.82 Å². The minimum absolute atomic E-state index is 0.174. The molecule has 7 nitrogen and oxygen atoms in total. The fourth-order valence-corrected chi connectivity index (χ4v) is 5.55. The van der Waals surface area contributed by atoms with E-state index in [0.717, 1.165) is 29.5 Å². The van der Waals surface area contributed by atoms with Crippen molar-refractivity contribution in [2.45, 2.75) is 62.9 Å². The van der Waals surface area contributed by atoms with E-state index >= 15 is 0 Å². The van der Waals surface area contributed by atoms with Gasteiger partial charge in [0, 0.05) is 11.4 Å². The lowest BCUT2D eigenvalue weighted by atomic mass is 10.1. The second kappa shape index (κ2) is 7.40. The topological polar surface area (TPSA) is 102 Å². The van der Waals surface area contributed by atoms with Crippen molar-refractivity contribution in [2.75, 3.05) is 5.73 Å². The maximum atomic E-state index is 11.8. The molecule has 0 atom stereocenters. The fourth-order valence-electron chi connectivity index (χ4n) is 3.44. The molecule has 0 fully saturated rings. The standard InChI is InChI=1S/C17H22N6OS2/c1-2-8-23-16(24)21-22-17(23)25-9-12-19-14(18)13-10-6-4-3-5-7-11(10)26-15(13)20-12/h2-9H2,1H3,(H,21,24)(H2,18,19,20). The first-order valence-corrected chi connectivity index (χ1v) is 10.8. The molecule has 0 amide bonds. The highest BCUT2D eigenvalue weighted by molar-refractivity contribution is 7.98. The third kappa shape index (κ3) is 3.25. The van der Waals surface area contributed by atoms with E-state index in [1.807, 2.05) is 6.92 Å². The molecule has 3 aromatic rings. The summed E-state index contributed by atoms with van der Waals surface area (Å²) in [5.74, 6) is 1.81. The van der Waals surface area contributed by atoms with Crippen LogP contribution in [0.1, 0.15) is 48.9 Å². The molecule has 0 aromatic carbocycles. The molecule has 0 radical (unpaired) electrons. The zero-order chi connectivity index (χ0) is 18.1. The number of fused-ring (bicyclic) bond motifs is 3. The van der Waals surface area contributed by atoms with Crippen LogP contribution in [0.15, 0.2) is 9.95 Å². The van der Waals surface area contributed by atoms with Crippen LogP contribution in [-0.4, -0.2) is 24.7 Å². The van der Waals surface area contributed by atoms with E-state index in [2.05, 4.69) is 15.2 Å². The first kappa shape index (κ1) is 17.5. The summed E-state index contributed by atoms with van der Waals surface area (Å²) in [5, 5.41) is 8.34. The van der Waals surface area contributed by atoms with Crippen molar-refractivity contribution in [3.8, 4) is 0 Å². The maximum Gasteiger partial charge on any atom is 0.343 e. The van der Waals surface area contributed by atoms with Crippen molar-refractivity contribution in [1.29, 1.82) is 0 Å². The van der Waals surface area contributed by atoms with Crippen molar-refractivity contribution < 1.29 is 0 Å². The summed E-state index contributed by atoms with van der Waals surface area (Å²) < 4.78 is 1.65. The molecular weight excluding hydrogens is 368 g/mol. The summed E-state index contributed by atoms with van der Waals surface area (Å²) in [7, 11) is 0. The lowest BCUT2D eigenvalue weighted by Crippen LogP contribution is -2.17. The summed E-state index contributed by atoms with van der Waals surface area (Å²) in [5.41, 5.74) is 7.49. The monoisotopic (exact) mass is 390 g/mol. The second-order valence-corrected chi connectivity index (χ2v) is 8.55. The number of rotatable bonds is 5. The quantitative estimate of drug-likeness (QED) is 0.512. The minimum Gasteiger partial charge on any atom is -0.383 e. The van der Waals surface area contributed by atoms with Gasteiger partial charge in [-0.25, -0.2) is 19.9 Å². The van der Waals surface area contributed by atoms with Crippen molar-refractivity contribution >= 4 is 39.1 Å². The number of nitrogens with one attached hydrogen (secondary N) is 1. The van der Waals surface area contributed by atoms with Crippen molar-refractivity contribution in [3.63, 3.8) is 0 Å². The molecule has 0 unspecified atom stereocenters. The van der Waals surface area contributed by atoms with Gasteiger partial charge in [0.2, 0.25) is 0 Å². The molecule has 26 heavy (non-hydrogen) atoms. The van der Waals surface area contributed by atoms with E-state index in [0.29, 0.717) is 29.1 Å². The van der Waals surface area contributed by atoms with Crippen LogP contribution in [0.2, 0.25) is 0 Å². The summed E-state index contributed by atoms with van der Waals surface area (Å²) >= 11 is 3.22. The number of hydrogen-bond acceptors (Lipinski definition) is 7. The van der Waals surface area contributed by atoms with E-state index in [4.69, 9.17) is 10.7 Å². The lowest BCUT2D eigenvalue weighted by molar-refractivity contribution is 0.603. The normalized spacial score (nSPS) is 14.5. The smallest absolute Gasteiger partial charge is 0.343 e. The highest BCUT2D eigenvalue weighted by Gasteiger charge is 2.19. The number of H-pyrrole nitrogens is 1. The molecular formula is C17H22N6OS2. The zero-order valence-corrected chi connectivity index (χ0v) is 16.4. The van der Waals surface area contributed by atoms with E-state index in [1.165, 1.54) is 41.5 Å². The Hall–Kier alpha value is -1.87. The van der Waals surface area contributed by atoms with Crippen molar-refractivity contribution in [3.05, 3.63) is 26.7 Å². The lowest BCUT2D eigenvalue weighted by Gasteiger charge is -2.05. The van der Waals surface area contributed by atoms with Gasteiger partial charge in [0.1, 0.15) is 16.5 Å². The molecule has 0 aliphatic heterocycles. The van der Waals surface area contributed by atoms with Gasteiger partial charge in [-0.2, -0.15) is 0 Å². The average Bonchev–Trinajstić information content (AvgIpc) is 3.05. The van der Waals surface area contributed by atoms with Gasteiger partial charge in [0.15, 0.2) is 5.16 Å². The van der Waals surface area contributed by atoms with Gasteiger partial charge in [-0.1, -0.05) is 25.1 Å². The van der Waals surface area contributed by atoms with Crippen LogP contribution in [0.5, 0.6) is 0 Å². The Morgan fingerprint density at radius 1 is 1.27 bits per heavy atom. The number of anilines is 1. The molecule has 0 saturated heterocycles. The zero-order valence-electron chi connectivity index (χ0n) is 14.7. The number of aromatic nitrogens is 5. The Labute approximate surface area is 159 Å². The highest BCUT2D eigenvalue weighted by Crippen LogP contribution is 2.37. The number of nitrogen functional groups attached to an aromatic ring is 1. The summed E-state index contributed by atoms with van der Waals surface area (Å²) in [6, 6.07) is 0. The Morgan fingerprint density at radius 3 is 2.96 bits per heavy atom. The highest BCUT2D eigenvalue weighted by atomic mass is 32.2. The summed E-state index contributed by atoms with van der Waals surface area (Å²) in [6.07, 6.45) is 6.81. The van der Waals surface area contributed by atoms with E-state index in [1.54, 1.807) is 15.9 Å². The van der Waals surface area contributed by atoms with Gasteiger partial charge in [-0.3, -0.25) is 4.57 Å². The van der Waals surface area contributed by atoms with Crippen molar-refractivity contribution in [1.82, 2.24) is 24.7 Å². The van der Waals surface area contributed by atoms with E-state index < -0.39 is 0 Å². The maximum absolute atomic E-state index is 11.8. The number of thiophene rings is 1. The minimum atomic E-state index is -0.174. The summed E-state index contributed by atoms with van der Waals surface area (Å²) in [6.45, 7) is 2.68. The SMILES string of the molecule is CCCn1c(SCc2nc(N)c3c4c(sc3n2)CCCCC4)n[nH]c1=O. The molecule has 0 saturated carbocycles. The van der Waals surface area contributed by atoms with Crippen LogP contribution in [0.3, 0.4) is 0 Å². The van der Waals surface area contributed by atoms with Gasteiger partial charge in [-0.05, 0) is 37.7 Å². The Kier molecular flexibility index (Phi) is 4.99. The molecule has 3 aromatic heterocycles. The van der Waals surface area contributed by atoms with E-state index in [-0.39, 0.29) is 5.69 Å². The molecule has 3 heterocycles. The van der Waals surface area contributed by atoms with Crippen LogP contribution in [0, 0.1) is 0 Å². The van der Waals surface area contributed by atoms with Crippen molar-refractivity contribution in [2.24, 2.45) is 0 Å². The number of nitrogens with zero attached hydrogens (tertiary/aromatic N) is 4. The van der Waals surface area contributed by atoms with E-state index in [9.17, 15) is 4.79 Å². The molecule has 3 N–H and O–H groups in total. The van der Waals surface area contributed by atoms with Gasteiger partial charge in [0.05, 0.1) is 11.1 Å². The predicted octanol–water partition coefficient (Wildman–Crippen LogP) is 3.13. The number of hydrogen-bond donors (Lipinski definition) is 2. The van der Waals surface area contributed by atoms with Crippen LogP contribution in [0.25, 0.3) is 10.2 Å². The summed E-state index contributed by atoms with van der Waals surface area (Å²) in [4.78, 5) is 23.5. The third-order valence-electron chi connectivity index (χ3n) is 4.64. The number of nitrogens with two attached hydrogens (primary N) is 1. The Bertz CT molecular complexity index is 989. The molecule has 9 heteroatoms. The van der Waals surface area contributed by atoms with Crippen LogP contribution >= 0.6 is 23.1 Å². The molecule has 0 bridgehead atoms. The second-order valence-electron chi connectivity index (χ2n) is 6.52. The van der Waals surface area contributed by atoms with Gasteiger partial charge >= 0.3 is 5.69 Å². The average molecular weight is 391 g/mol. The van der Waals surface area contributed by atoms with Gasteiger partial charge in [0.25, 0.3) is 0 Å². The van der Waals surface area contributed by atoms with Gasteiger partial charge < -0.3 is 5.73 Å². The largest absolute Gasteiger partial charge is 0.383 e. The van der Waals surface area contributed by atoms with Crippen LogP contribution in [-0.2, 0) is 25.1 Å². The van der Waals surface area contributed by atoms with Crippen LogP contribution < -0.4 is 11.4 Å². The molecule has 1 aliphatic carbocycles. The number of aromatic amines is 1. The molecule has 4 rings (SSSR count). The number of thioether (sulfide) groups is 1. The molecule has 0 spiro atoms.